The molecule has 1 aromatic heterocycles. The Balaban J connectivity index is 3.78. The summed E-state index contributed by atoms with van der Waals surface area (Å²) in [5.74, 6) is 0. The van der Waals surface area contributed by atoms with Crippen molar-refractivity contribution >= 4 is 7.75 Å². The SMILES string of the molecule is O=c1[nH]c(=O)n(P(=O)(O)O)c(=O)[nH]1. The average molecular weight is 209 g/mol. The van der Waals surface area contributed by atoms with Gasteiger partial charge in [-0.1, -0.05) is 0 Å². The second-order valence-electron chi connectivity index (χ2n) is 2.01. The van der Waals surface area contributed by atoms with Crippen molar-refractivity contribution in [2.24, 2.45) is 0 Å². The van der Waals surface area contributed by atoms with E-state index in [1.54, 1.807) is 0 Å². The maximum atomic E-state index is 10.7. The van der Waals surface area contributed by atoms with Crippen LogP contribution >= 0.6 is 7.75 Å². The van der Waals surface area contributed by atoms with E-state index >= 15 is 0 Å². The molecule has 1 rings (SSSR count). The molecule has 10 heteroatoms. The first-order chi connectivity index (χ1) is 5.82. The van der Waals surface area contributed by atoms with Crippen LogP contribution in [0.1, 0.15) is 0 Å². The van der Waals surface area contributed by atoms with Gasteiger partial charge < -0.3 is 9.79 Å². The molecule has 13 heavy (non-hydrogen) atoms. The molecule has 0 aliphatic heterocycles. The second-order valence-corrected chi connectivity index (χ2v) is 3.44. The summed E-state index contributed by atoms with van der Waals surface area (Å²) >= 11 is 0. The summed E-state index contributed by atoms with van der Waals surface area (Å²) in [7, 11) is -5.02. The van der Waals surface area contributed by atoms with Crippen LogP contribution < -0.4 is 17.1 Å². The smallest absolute Gasteiger partial charge is 0.308 e. The Hall–Kier alpha value is -1.44. The van der Waals surface area contributed by atoms with Crippen molar-refractivity contribution in [1.29, 1.82) is 0 Å². The zero-order chi connectivity index (χ0) is 10.2. The molecule has 0 saturated heterocycles. The minimum atomic E-state index is -5.02. The van der Waals surface area contributed by atoms with Crippen LogP contribution in [0.25, 0.3) is 0 Å². The molecule has 0 fully saturated rings. The average Bonchev–Trinajstić information content (AvgIpc) is 1.78. The molecule has 9 nitrogen and oxygen atoms in total. The Bertz CT molecular complexity index is 495. The summed E-state index contributed by atoms with van der Waals surface area (Å²) in [6, 6.07) is 0. The van der Waals surface area contributed by atoms with Gasteiger partial charge in [-0.2, -0.15) is 0 Å². The van der Waals surface area contributed by atoms with Gasteiger partial charge in [0.15, 0.2) is 0 Å². The van der Waals surface area contributed by atoms with Gasteiger partial charge in [-0.3, -0.25) is 9.97 Å². The van der Waals surface area contributed by atoms with E-state index < -0.39 is 24.8 Å². The van der Waals surface area contributed by atoms with Crippen LogP contribution in [0.4, 0.5) is 0 Å². The number of nitrogens with zero attached hydrogens (tertiary/aromatic N) is 1. The standard InChI is InChI=1S/C3H4N3O6P/c7-1-4-2(8)6(3(9)5-1)13(10,11)12/h(H2,10,11,12)(H2,4,5,7,8,9). The van der Waals surface area contributed by atoms with Crippen molar-refractivity contribution in [1.82, 2.24) is 14.3 Å². The van der Waals surface area contributed by atoms with E-state index in [-0.39, 0.29) is 4.34 Å². The van der Waals surface area contributed by atoms with E-state index in [1.165, 1.54) is 9.97 Å². The zero-order valence-corrected chi connectivity index (χ0v) is 6.82. The lowest BCUT2D eigenvalue weighted by Crippen LogP contribution is -2.42. The Morgan fingerprint density at radius 3 is 1.77 bits per heavy atom. The van der Waals surface area contributed by atoms with Gasteiger partial charge in [-0.05, 0) is 0 Å². The fraction of sp³-hybridized carbons (Fsp3) is 0. The van der Waals surface area contributed by atoms with Crippen LogP contribution in [-0.4, -0.2) is 24.1 Å². The number of nitrogens with one attached hydrogen (secondary N) is 2. The Morgan fingerprint density at radius 1 is 1.08 bits per heavy atom. The molecule has 0 aliphatic rings. The van der Waals surface area contributed by atoms with E-state index in [0.29, 0.717) is 0 Å². The summed E-state index contributed by atoms with van der Waals surface area (Å²) in [6.07, 6.45) is 0. The summed E-state index contributed by atoms with van der Waals surface area (Å²) in [5.41, 5.74) is -4.04. The minimum absolute atomic E-state index is 0.381. The van der Waals surface area contributed by atoms with Gasteiger partial charge in [0, 0.05) is 0 Å². The molecule has 0 aromatic carbocycles. The van der Waals surface area contributed by atoms with Crippen molar-refractivity contribution in [3.8, 4) is 0 Å². The minimum Gasteiger partial charge on any atom is -0.308 e. The molecule has 0 radical (unpaired) electrons. The lowest BCUT2D eigenvalue weighted by molar-refractivity contribution is 0.355. The van der Waals surface area contributed by atoms with Crippen molar-refractivity contribution < 1.29 is 14.4 Å². The zero-order valence-electron chi connectivity index (χ0n) is 5.92. The third-order valence-corrected chi connectivity index (χ3v) is 1.97. The van der Waals surface area contributed by atoms with Crippen LogP contribution in [0.2, 0.25) is 0 Å². The van der Waals surface area contributed by atoms with Crippen molar-refractivity contribution in [3.63, 3.8) is 0 Å². The summed E-state index contributed by atoms with van der Waals surface area (Å²) in [6.45, 7) is 0. The van der Waals surface area contributed by atoms with E-state index in [9.17, 15) is 18.9 Å². The first kappa shape index (κ1) is 9.65. The lowest BCUT2D eigenvalue weighted by atomic mass is 11.0. The van der Waals surface area contributed by atoms with Gasteiger partial charge in [0.2, 0.25) is 0 Å². The van der Waals surface area contributed by atoms with Gasteiger partial charge in [0.1, 0.15) is 0 Å². The summed E-state index contributed by atoms with van der Waals surface area (Å²) < 4.78 is 10.1. The van der Waals surface area contributed by atoms with E-state index in [2.05, 4.69) is 0 Å². The molecule has 0 amide bonds. The normalized spacial score (nSPS) is 11.5. The molecule has 0 bridgehead atoms. The highest BCUT2D eigenvalue weighted by Crippen LogP contribution is 2.31. The number of H-pyrrole nitrogens is 2. The predicted octanol–water partition coefficient (Wildman–Crippen LogP) is -2.83. The maximum Gasteiger partial charge on any atom is 0.442 e. The first-order valence-corrected chi connectivity index (χ1v) is 4.41. The summed E-state index contributed by atoms with van der Waals surface area (Å²) in [5, 5.41) is 0. The molecule has 0 saturated carbocycles. The summed E-state index contributed by atoms with van der Waals surface area (Å²) in [4.78, 5) is 51.7. The van der Waals surface area contributed by atoms with Gasteiger partial charge >= 0.3 is 24.8 Å². The first-order valence-electron chi connectivity index (χ1n) is 2.84. The molecule has 0 spiro atoms. The van der Waals surface area contributed by atoms with Crippen LogP contribution in [0.15, 0.2) is 14.4 Å². The van der Waals surface area contributed by atoms with Gasteiger partial charge in [-0.15, -0.1) is 4.34 Å². The number of hydrogen-bond donors (Lipinski definition) is 4. The molecule has 1 aromatic rings. The number of aromatic amines is 2. The van der Waals surface area contributed by atoms with Crippen LogP contribution in [-0.2, 0) is 4.57 Å². The van der Waals surface area contributed by atoms with Crippen molar-refractivity contribution in [2.75, 3.05) is 0 Å². The number of aromatic nitrogens is 3. The number of rotatable bonds is 1. The quantitative estimate of drug-likeness (QED) is 0.366. The van der Waals surface area contributed by atoms with Crippen LogP contribution in [0, 0.1) is 0 Å². The van der Waals surface area contributed by atoms with Gasteiger partial charge in [-0.25, -0.2) is 18.9 Å². The topological polar surface area (TPSA) is 145 Å². The number of hydrogen-bond acceptors (Lipinski definition) is 4. The van der Waals surface area contributed by atoms with E-state index in [1.807, 2.05) is 0 Å². The predicted molar refractivity (Wildman–Crippen MR) is 39.4 cm³/mol. The molecule has 0 unspecified atom stereocenters. The third-order valence-electron chi connectivity index (χ3n) is 1.09. The van der Waals surface area contributed by atoms with Crippen LogP contribution in [0.3, 0.4) is 0 Å². The Morgan fingerprint density at radius 2 is 1.46 bits per heavy atom. The molecule has 72 valence electrons. The highest BCUT2D eigenvalue weighted by molar-refractivity contribution is 7.50. The fourth-order valence-electron chi connectivity index (χ4n) is 0.660. The van der Waals surface area contributed by atoms with Crippen LogP contribution in [0.5, 0.6) is 0 Å². The molecule has 0 aliphatic carbocycles. The largest absolute Gasteiger partial charge is 0.442 e. The lowest BCUT2D eigenvalue weighted by Gasteiger charge is -2.02. The van der Waals surface area contributed by atoms with Crippen molar-refractivity contribution in [3.05, 3.63) is 31.5 Å². The highest BCUT2D eigenvalue weighted by Gasteiger charge is 2.21. The highest BCUT2D eigenvalue weighted by atomic mass is 31.2. The second kappa shape index (κ2) is 2.80. The fourth-order valence-corrected chi connectivity index (χ4v) is 1.23. The van der Waals surface area contributed by atoms with Gasteiger partial charge in [0.25, 0.3) is 0 Å². The Labute approximate surface area is 68.9 Å². The van der Waals surface area contributed by atoms with E-state index in [0.717, 1.165) is 0 Å². The molecule has 1 heterocycles. The Kier molecular flexibility index (Phi) is 2.08. The molecule has 0 atom stereocenters. The third kappa shape index (κ3) is 1.83. The molecule has 4 N–H and O–H groups in total. The molecular weight excluding hydrogens is 205 g/mol. The molecular formula is C3H4N3O6P. The van der Waals surface area contributed by atoms with E-state index in [4.69, 9.17) is 9.79 Å². The monoisotopic (exact) mass is 209 g/mol. The van der Waals surface area contributed by atoms with Crippen molar-refractivity contribution in [2.45, 2.75) is 0 Å². The van der Waals surface area contributed by atoms with Gasteiger partial charge in [0.05, 0.1) is 0 Å². The maximum absolute atomic E-state index is 10.7.